The zero-order valence-electron chi connectivity index (χ0n) is 15.8. The summed E-state index contributed by atoms with van der Waals surface area (Å²) in [5.74, 6) is -0.490. The third-order valence-corrected chi connectivity index (χ3v) is 6.61. The van der Waals surface area contributed by atoms with Crippen LogP contribution in [0.2, 0.25) is 0 Å². The number of nitrogens with one attached hydrogen (secondary N) is 1. The minimum absolute atomic E-state index is 0.0488. The van der Waals surface area contributed by atoms with E-state index in [1.54, 1.807) is 12.1 Å². The lowest BCUT2D eigenvalue weighted by atomic mass is 10.1. The number of rotatable bonds is 4. The van der Waals surface area contributed by atoms with Gasteiger partial charge in [0.2, 0.25) is 21.8 Å². The summed E-state index contributed by atoms with van der Waals surface area (Å²) in [7, 11) is -3.63. The smallest absolute Gasteiger partial charge is 0.243 e. The van der Waals surface area contributed by atoms with Crippen LogP contribution in [0.25, 0.3) is 0 Å². The fourth-order valence-corrected chi connectivity index (χ4v) is 4.96. The number of amides is 2. The highest BCUT2D eigenvalue weighted by Gasteiger charge is 2.38. The maximum Gasteiger partial charge on any atom is 0.243 e. The molecule has 0 saturated carbocycles. The molecular weight excluding hydrogens is 370 g/mol. The van der Waals surface area contributed by atoms with Crippen molar-refractivity contribution in [2.75, 3.05) is 31.2 Å². The molecule has 0 radical (unpaired) electrons. The first-order valence-electron chi connectivity index (χ1n) is 9.03. The largest absolute Gasteiger partial charge is 0.379 e. The number of carbonyl (C=O) groups excluding carboxylic acids is 2. The maximum atomic E-state index is 12.9. The van der Waals surface area contributed by atoms with Gasteiger partial charge in [-0.15, -0.1) is 0 Å². The lowest BCUT2D eigenvalue weighted by Gasteiger charge is -2.26. The van der Waals surface area contributed by atoms with Gasteiger partial charge in [-0.25, -0.2) is 8.42 Å². The molecular formula is C18H25N3O5S. The molecule has 8 nitrogen and oxygen atoms in total. The van der Waals surface area contributed by atoms with Crippen molar-refractivity contribution in [1.29, 1.82) is 0 Å². The molecule has 0 bridgehead atoms. The molecule has 2 aliphatic rings. The van der Waals surface area contributed by atoms with Gasteiger partial charge >= 0.3 is 0 Å². The Hall–Kier alpha value is -1.97. The minimum Gasteiger partial charge on any atom is -0.379 e. The summed E-state index contributed by atoms with van der Waals surface area (Å²) in [5, 5.41) is 2.83. The molecule has 1 aromatic carbocycles. The third kappa shape index (κ3) is 3.85. The van der Waals surface area contributed by atoms with E-state index in [9.17, 15) is 18.0 Å². The molecule has 1 saturated heterocycles. The van der Waals surface area contributed by atoms with Gasteiger partial charge < -0.3 is 10.1 Å². The number of fused-ring (bicyclic) bond motifs is 1. The molecule has 2 aliphatic heterocycles. The number of nitrogens with zero attached hydrogens (tertiary/aromatic N) is 2. The molecule has 1 atom stereocenters. The number of ether oxygens (including phenoxy) is 1. The van der Waals surface area contributed by atoms with Crippen molar-refractivity contribution >= 4 is 27.5 Å². The number of carbonyl (C=O) groups is 2. The van der Waals surface area contributed by atoms with Crippen LogP contribution in [0.5, 0.6) is 0 Å². The number of anilines is 1. The summed E-state index contributed by atoms with van der Waals surface area (Å²) < 4.78 is 32.4. The van der Waals surface area contributed by atoms with Gasteiger partial charge in [0, 0.05) is 38.2 Å². The van der Waals surface area contributed by atoms with E-state index in [0.29, 0.717) is 44.0 Å². The summed E-state index contributed by atoms with van der Waals surface area (Å²) in [6, 6.07) is 3.99. The van der Waals surface area contributed by atoms with E-state index >= 15 is 0 Å². The lowest BCUT2D eigenvalue weighted by molar-refractivity contribution is -0.125. The van der Waals surface area contributed by atoms with Crippen molar-refractivity contribution < 1.29 is 22.7 Å². The van der Waals surface area contributed by atoms with E-state index in [-0.39, 0.29) is 22.8 Å². The average molecular weight is 395 g/mol. The number of sulfonamides is 1. The van der Waals surface area contributed by atoms with Gasteiger partial charge in [-0.1, -0.05) is 0 Å². The normalized spacial score (nSPS) is 20.6. The van der Waals surface area contributed by atoms with Crippen LogP contribution in [-0.2, 0) is 30.8 Å². The van der Waals surface area contributed by atoms with Crippen LogP contribution in [0.3, 0.4) is 0 Å². The van der Waals surface area contributed by atoms with Crippen molar-refractivity contribution in [2.45, 2.75) is 44.2 Å². The summed E-state index contributed by atoms with van der Waals surface area (Å²) >= 11 is 0. The second-order valence-corrected chi connectivity index (χ2v) is 9.02. The summed E-state index contributed by atoms with van der Waals surface area (Å²) in [6.45, 7) is 6.50. The first-order chi connectivity index (χ1) is 12.7. The van der Waals surface area contributed by atoms with Crippen LogP contribution in [0, 0.1) is 0 Å². The van der Waals surface area contributed by atoms with Crippen molar-refractivity contribution in [2.24, 2.45) is 0 Å². The SMILES string of the molecule is CC(=O)N1c2ccc(S(=O)(=O)N3CCOCC3)cc2C[C@@H]1C(=O)NC(C)C. The van der Waals surface area contributed by atoms with Crippen LogP contribution in [0.15, 0.2) is 23.1 Å². The molecule has 0 spiro atoms. The van der Waals surface area contributed by atoms with E-state index in [1.807, 2.05) is 13.8 Å². The fraction of sp³-hybridized carbons (Fsp3) is 0.556. The summed E-state index contributed by atoms with van der Waals surface area (Å²) in [6.07, 6.45) is 0.292. The molecule has 9 heteroatoms. The molecule has 1 N–H and O–H groups in total. The van der Waals surface area contributed by atoms with Gasteiger partial charge in [-0.3, -0.25) is 14.5 Å². The van der Waals surface area contributed by atoms with Crippen LogP contribution >= 0.6 is 0 Å². The molecule has 1 aromatic rings. The quantitative estimate of drug-likeness (QED) is 0.801. The zero-order chi connectivity index (χ0) is 19.8. The Kier molecular flexibility index (Phi) is 5.55. The first-order valence-corrected chi connectivity index (χ1v) is 10.5. The van der Waals surface area contributed by atoms with Gasteiger partial charge in [0.25, 0.3) is 0 Å². The van der Waals surface area contributed by atoms with Gasteiger partial charge in [-0.05, 0) is 37.6 Å². The third-order valence-electron chi connectivity index (χ3n) is 4.72. The van der Waals surface area contributed by atoms with E-state index in [1.165, 1.54) is 22.2 Å². The van der Waals surface area contributed by atoms with Crippen LogP contribution in [-0.4, -0.2) is 62.9 Å². The average Bonchev–Trinajstić information content (AvgIpc) is 3.01. The standard InChI is InChI=1S/C18H25N3O5S/c1-12(2)19-18(23)17-11-14-10-15(4-5-16(14)21(17)13(3)22)27(24,25)20-6-8-26-9-7-20/h4-5,10,12,17H,6-9,11H2,1-3H3,(H,19,23)/t17-/m1/s1. The Labute approximate surface area is 159 Å². The molecule has 3 rings (SSSR count). The molecule has 1 fully saturated rings. The second kappa shape index (κ2) is 7.57. The van der Waals surface area contributed by atoms with Crippen molar-refractivity contribution in [3.05, 3.63) is 23.8 Å². The van der Waals surface area contributed by atoms with E-state index < -0.39 is 16.1 Å². The number of morpholine rings is 1. The molecule has 0 aliphatic carbocycles. The van der Waals surface area contributed by atoms with Crippen LogP contribution in [0.1, 0.15) is 26.3 Å². The molecule has 148 valence electrons. The van der Waals surface area contributed by atoms with E-state index in [0.717, 1.165) is 0 Å². The molecule has 2 amide bonds. The molecule has 2 heterocycles. The molecule has 0 unspecified atom stereocenters. The minimum atomic E-state index is -3.63. The lowest BCUT2D eigenvalue weighted by Crippen LogP contribution is -2.49. The molecule has 27 heavy (non-hydrogen) atoms. The Bertz CT molecular complexity index is 847. The maximum absolute atomic E-state index is 12.9. The molecule has 0 aromatic heterocycles. The number of benzene rings is 1. The summed E-state index contributed by atoms with van der Waals surface area (Å²) in [4.78, 5) is 26.3. The topological polar surface area (TPSA) is 96.0 Å². The van der Waals surface area contributed by atoms with Gasteiger partial charge in [0.05, 0.1) is 18.1 Å². The predicted molar refractivity (Wildman–Crippen MR) is 100.0 cm³/mol. The Morgan fingerprint density at radius 3 is 2.48 bits per heavy atom. The van der Waals surface area contributed by atoms with Crippen molar-refractivity contribution in [1.82, 2.24) is 9.62 Å². The fourth-order valence-electron chi connectivity index (χ4n) is 3.50. The highest BCUT2D eigenvalue weighted by molar-refractivity contribution is 7.89. The van der Waals surface area contributed by atoms with Gasteiger partial charge in [0.15, 0.2) is 0 Å². The van der Waals surface area contributed by atoms with Crippen molar-refractivity contribution in [3.63, 3.8) is 0 Å². The summed E-state index contributed by atoms with van der Waals surface area (Å²) in [5.41, 5.74) is 1.27. The number of hydrogen-bond donors (Lipinski definition) is 1. The Morgan fingerprint density at radius 2 is 1.89 bits per heavy atom. The first kappa shape index (κ1) is 19.8. The van der Waals surface area contributed by atoms with Gasteiger partial charge in [0.1, 0.15) is 6.04 Å². The van der Waals surface area contributed by atoms with Crippen LogP contribution in [0.4, 0.5) is 5.69 Å². The zero-order valence-corrected chi connectivity index (χ0v) is 16.6. The second-order valence-electron chi connectivity index (χ2n) is 7.08. The van der Waals surface area contributed by atoms with E-state index in [2.05, 4.69) is 5.32 Å². The van der Waals surface area contributed by atoms with E-state index in [4.69, 9.17) is 4.74 Å². The Balaban J connectivity index is 1.92. The van der Waals surface area contributed by atoms with Crippen molar-refractivity contribution in [3.8, 4) is 0 Å². The highest BCUT2D eigenvalue weighted by Crippen LogP contribution is 2.35. The number of hydrogen-bond acceptors (Lipinski definition) is 5. The monoisotopic (exact) mass is 395 g/mol. The van der Waals surface area contributed by atoms with Gasteiger partial charge in [-0.2, -0.15) is 4.31 Å². The predicted octanol–water partition coefficient (Wildman–Crippen LogP) is 0.510. The van der Waals surface area contributed by atoms with Crippen LogP contribution < -0.4 is 10.2 Å². The Morgan fingerprint density at radius 1 is 1.22 bits per heavy atom. The highest BCUT2D eigenvalue weighted by atomic mass is 32.2.